The van der Waals surface area contributed by atoms with Crippen LogP contribution in [0.15, 0.2) is 36.4 Å². The number of carbonyl (C=O) groups excluding carboxylic acids is 1. The van der Waals surface area contributed by atoms with E-state index >= 15 is 0 Å². The van der Waals surface area contributed by atoms with Crippen LogP contribution in [0.2, 0.25) is 15.1 Å². The first kappa shape index (κ1) is 18.2. The largest absolute Gasteiger partial charge is 0.481 e. The van der Waals surface area contributed by atoms with E-state index in [2.05, 4.69) is 10.9 Å². The zero-order chi connectivity index (χ0) is 17.7. The van der Waals surface area contributed by atoms with Gasteiger partial charge in [-0.05, 0) is 37.3 Å². The molecular weight excluding hydrogens is 373 g/mol. The number of nitrogens with zero attached hydrogens (tertiary/aromatic N) is 1. The molecule has 2 N–H and O–H groups in total. The number of rotatable bonds is 5. The van der Waals surface area contributed by atoms with Crippen molar-refractivity contribution in [1.29, 1.82) is 5.26 Å². The van der Waals surface area contributed by atoms with E-state index in [0.29, 0.717) is 22.0 Å². The molecule has 24 heavy (non-hydrogen) atoms. The van der Waals surface area contributed by atoms with Gasteiger partial charge in [-0.2, -0.15) is 5.26 Å². The Bertz CT molecular complexity index is 782. The van der Waals surface area contributed by atoms with E-state index in [1.807, 2.05) is 6.07 Å². The minimum absolute atomic E-state index is 0.267. The number of nitriles is 1. The van der Waals surface area contributed by atoms with Gasteiger partial charge in [0.2, 0.25) is 0 Å². The third-order valence-corrected chi connectivity index (χ3v) is 3.78. The molecule has 0 heterocycles. The van der Waals surface area contributed by atoms with E-state index in [0.717, 1.165) is 0 Å². The molecule has 0 saturated carbocycles. The zero-order valence-corrected chi connectivity index (χ0v) is 14.7. The fourth-order valence-corrected chi connectivity index (χ4v) is 2.70. The van der Waals surface area contributed by atoms with Crippen molar-refractivity contribution in [2.75, 3.05) is 5.43 Å². The second kappa shape index (κ2) is 8.11. The minimum Gasteiger partial charge on any atom is -0.481 e. The number of halogens is 3. The van der Waals surface area contributed by atoms with Crippen molar-refractivity contribution < 1.29 is 9.53 Å². The van der Waals surface area contributed by atoms with Crippen LogP contribution in [0.4, 0.5) is 5.69 Å². The van der Waals surface area contributed by atoms with Crippen LogP contribution in [0, 0.1) is 11.3 Å². The molecule has 0 aliphatic carbocycles. The van der Waals surface area contributed by atoms with Crippen molar-refractivity contribution in [2.24, 2.45) is 0 Å². The highest BCUT2D eigenvalue weighted by Crippen LogP contribution is 2.33. The third-order valence-electron chi connectivity index (χ3n) is 2.96. The normalized spacial score (nSPS) is 11.3. The minimum atomic E-state index is -0.809. The number of amides is 1. The Hall–Kier alpha value is -2.13. The highest BCUT2D eigenvalue weighted by molar-refractivity contribution is 6.41. The van der Waals surface area contributed by atoms with Gasteiger partial charge in [0, 0.05) is 5.02 Å². The summed E-state index contributed by atoms with van der Waals surface area (Å²) in [7, 11) is 0. The lowest BCUT2D eigenvalue weighted by Gasteiger charge is -2.17. The Kier molecular flexibility index (Phi) is 6.16. The third kappa shape index (κ3) is 4.68. The predicted molar refractivity (Wildman–Crippen MR) is 94.5 cm³/mol. The summed E-state index contributed by atoms with van der Waals surface area (Å²) in [5, 5.41) is 9.78. The molecule has 124 valence electrons. The van der Waals surface area contributed by atoms with Crippen molar-refractivity contribution in [3.8, 4) is 11.8 Å². The average Bonchev–Trinajstić information content (AvgIpc) is 2.53. The maximum atomic E-state index is 12.1. The monoisotopic (exact) mass is 383 g/mol. The van der Waals surface area contributed by atoms with E-state index in [4.69, 9.17) is 44.8 Å². The summed E-state index contributed by atoms with van der Waals surface area (Å²) < 4.78 is 5.50. The van der Waals surface area contributed by atoms with Crippen LogP contribution < -0.4 is 15.6 Å². The molecule has 1 unspecified atom stereocenters. The fourth-order valence-electron chi connectivity index (χ4n) is 1.78. The Balaban J connectivity index is 1.98. The maximum absolute atomic E-state index is 12.1. The Morgan fingerprint density at radius 1 is 1.21 bits per heavy atom. The van der Waals surface area contributed by atoms with Crippen molar-refractivity contribution in [3.63, 3.8) is 0 Å². The summed E-state index contributed by atoms with van der Waals surface area (Å²) in [5.74, 6) is -0.0290. The van der Waals surface area contributed by atoms with Crippen LogP contribution in [0.5, 0.6) is 5.75 Å². The lowest BCUT2D eigenvalue weighted by Crippen LogP contribution is -2.39. The van der Waals surface area contributed by atoms with Crippen LogP contribution in [-0.4, -0.2) is 12.0 Å². The van der Waals surface area contributed by atoms with Crippen LogP contribution in [-0.2, 0) is 4.79 Å². The van der Waals surface area contributed by atoms with E-state index in [-0.39, 0.29) is 10.0 Å². The molecule has 2 aromatic carbocycles. The molecule has 0 bridgehead atoms. The topological polar surface area (TPSA) is 74.1 Å². The van der Waals surface area contributed by atoms with Crippen LogP contribution in [0.25, 0.3) is 0 Å². The summed E-state index contributed by atoms with van der Waals surface area (Å²) in [6.45, 7) is 1.57. The molecule has 5 nitrogen and oxygen atoms in total. The van der Waals surface area contributed by atoms with Gasteiger partial charge in [-0.15, -0.1) is 0 Å². The molecule has 2 aromatic rings. The number of anilines is 1. The summed E-state index contributed by atoms with van der Waals surface area (Å²) in [5.41, 5.74) is 5.87. The summed E-state index contributed by atoms with van der Waals surface area (Å²) in [4.78, 5) is 12.1. The first-order valence-electron chi connectivity index (χ1n) is 6.78. The van der Waals surface area contributed by atoms with Crippen molar-refractivity contribution in [1.82, 2.24) is 5.43 Å². The highest BCUT2D eigenvalue weighted by Gasteiger charge is 2.16. The van der Waals surface area contributed by atoms with Crippen molar-refractivity contribution >= 4 is 46.4 Å². The number of nitrogens with one attached hydrogen (secondary N) is 2. The molecule has 1 amide bonds. The molecule has 0 aromatic heterocycles. The Morgan fingerprint density at radius 2 is 1.88 bits per heavy atom. The smallest absolute Gasteiger partial charge is 0.279 e. The van der Waals surface area contributed by atoms with Gasteiger partial charge in [-0.1, -0.05) is 40.9 Å². The molecule has 0 aliphatic heterocycles. The van der Waals surface area contributed by atoms with Gasteiger partial charge in [0.05, 0.1) is 27.4 Å². The number of hydrazine groups is 1. The summed E-state index contributed by atoms with van der Waals surface area (Å²) in [6, 6.07) is 11.5. The molecule has 0 aliphatic rings. The highest BCUT2D eigenvalue weighted by atomic mass is 35.5. The Labute approximate surface area is 154 Å². The fraction of sp³-hybridized carbons (Fsp3) is 0.125. The standard InChI is InChI=1S/C16H12Cl3N3O2/c1-9(24-12-4-2-3-10(5-12)8-20)16(23)22-21-15-13(18)6-11(17)7-14(15)19/h2-7,9,21H,1H3,(H,22,23). The number of ether oxygens (including phenoxy) is 1. The van der Waals surface area contributed by atoms with Crippen molar-refractivity contribution in [3.05, 3.63) is 57.0 Å². The SMILES string of the molecule is CC(Oc1cccc(C#N)c1)C(=O)NNc1c(Cl)cc(Cl)cc1Cl. The number of benzene rings is 2. The van der Waals surface area contributed by atoms with E-state index in [1.54, 1.807) is 31.2 Å². The summed E-state index contributed by atoms with van der Waals surface area (Å²) in [6.07, 6.45) is -0.809. The van der Waals surface area contributed by atoms with Crippen LogP contribution >= 0.6 is 34.8 Å². The second-order valence-corrected chi connectivity index (χ2v) is 6.01. The molecule has 0 spiro atoms. The molecule has 1 atom stereocenters. The van der Waals surface area contributed by atoms with Gasteiger partial charge >= 0.3 is 0 Å². The summed E-state index contributed by atoms with van der Waals surface area (Å²) >= 11 is 17.9. The molecule has 0 fully saturated rings. The molecular formula is C16H12Cl3N3O2. The van der Waals surface area contributed by atoms with Crippen molar-refractivity contribution in [2.45, 2.75) is 13.0 Å². The van der Waals surface area contributed by atoms with Gasteiger partial charge in [-0.3, -0.25) is 15.6 Å². The van der Waals surface area contributed by atoms with E-state index < -0.39 is 12.0 Å². The number of hydrogen-bond acceptors (Lipinski definition) is 4. The van der Waals surface area contributed by atoms with Gasteiger partial charge in [-0.25, -0.2) is 0 Å². The van der Waals surface area contributed by atoms with Crippen LogP contribution in [0.1, 0.15) is 12.5 Å². The van der Waals surface area contributed by atoms with Gasteiger partial charge < -0.3 is 4.74 Å². The maximum Gasteiger partial charge on any atom is 0.279 e. The first-order valence-corrected chi connectivity index (χ1v) is 7.91. The molecule has 0 saturated heterocycles. The van der Waals surface area contributed by atoms with Gasteiger partial charge in [0.1, 0.15) is 5.75 Å². The molecule has 8 heteroatoms. The van der Waals surface area contributed by atoms with Gasteiger partial charge in [0.25, 0.3) is 5.91 Å². The first-order chi connectivity index (χ1) is 11.4. The number of hydrogen-bond donors (Lipinski definition) is 2. The quantitative estimate of drug-likeness (QED) is 0.748. The van der Waals surface area contributed by atoms with E-state index in [9.17, 15) is 4.79 Å². The zero-order valence-electron chi connectivity index (χ0n) is 12.4. The Morgan fingerprint density at radius 3 is 2.50 bits per heavy atom. The van der Waals surface area contributed by atoms with E-state index in [1.165, 1.54) is 12.1 Å². The number of carbonyl (C=O) groups is 1. The lowest BCUT2D eigenvalue weighted by atomic mass is 10.2. The lowest BCUT2D eigenvalue weighted by molar-refractivity contribution is -0.126. The van der Waals surface area contributed by atoms with Crippen LogP contribution in [0.3, 0.4) is 0 Å². The predicted octanol–water partition coefficient (Wildman–Crippen LogP) is 4.43. The van der Waals surface area contributed by atoms with Gasteiger partial charge in [0.15, 0.2) is 6.10 Å². The molecule has 2 rings (SSSR count). The average molecular weight is 385 g/mol. The molecule has 0 radical (unpaired) electrons. The second-order valence-electron chi connectivity index (χ2n) is 4.76.